The number of methoxy groups -OCH3 is 2. The highest BCUT2D eigenvalue weighted by atomic mass is 16.5. The number of aryl methyl sites for hydroxylation is 1. The largest absolute Gasteiger partial charge is 0.504 e. The summed E-state index contributed by atoms with van der Waals surface area (Å²) in [6.45, 7) is 7.19. The van der Waals surface area contributed by atoms with Gasteiger partial charge < -0.3 is 14.6 Å². The molecule has 132 valence electrons. The number of aromatic hydroxyl groups is 1. The standard InChI is InChI=1S/C20H22O5/c1-10-9-11-13(16(24-5)14(10)22)20(4)8-7-12(21)19(2,3)18(20)17(25-6)15(11)23/h7-9,22H,1-6H3/t20-/m0/s1. The minimum absolute atomic E-state index is 0.00130. The van der Waals surface area contributed by atoms with Gasteiger partial charge in [0.25, 0.3) is 0 Å². The molecule has 0 bridgehead atoms. The van der Waals surface area contributed by atoms with E-state index in [0.717, 1.165) is 0 Å². The lowest BCUT2D eigenvalue weighted by atomic mass is 9.57. The van der Waals surface area contributed by atoms with Crippen LogP contribution in [0.2, 0.25) is 0 Å². The Hall–Kier alpha value is -2.56. The van der Waals surface area contributed by atoms with Gasteiger partial charge in [-0.05, 0) is 45.4 Å². The van der Waals surface area contributed by atoms with Gasteiger partial charge in [-0.2, -0.15) is 0 Å². The van der Waals surface area contributed by atoms with E-state index in [1.54, 1.807) is 32.9 Å². The molecule has 0 fully saturated rings. The van der Waals surface area contributed by atoms with E-state index in [4.69, 9.17) is 9.47 Å². The van der Waals surface area contributed by atoms with Gasteiger partial charge in [0.15, 0.2) is 23.0 Å². The van der Waals surface area contributed by atoms with Gasteiger partial charge in [-0.15, -0.1) is 0 Å². The van der Waals surface area contributed by atoms with E-state index in [1.807, 2.05) is 6.92 Å². The van der Waals surface area contributed by atoms with Gasteiger partial charge in [0.2, 0.25) is 5.78 Å². The average Bonchev–Trinajstić information content (AvgIpc) is 2.56. The Balaban J connectivity index is 2.52. The summed E-state index contributed by atoms with van der Waals surface area (Å²) >= 11 is 0. The van der Waals surface area contributed by atoms with Gasteiger partial charge in [-0.1, -0.05) is 6.08 Å². The number of phenols is 1. The lowest BCUT2D eigenvalue weighted by Gasteiger charge is -2.45. The molecule has 5 heteroatoms. The second-order valence-corrected chi connectivity index (χ2v) is 7.26. The number of ether oxygens (including phenoxy) is 2. The zero-order valence-electron chi connectivity index (χ0n) is 15.3. The highest BCUT2D eigenvalue weighted by molar-refractivity contribution is 6.14. The van der Waals surface area contributed by atoms with Crippen molar-refractivity contribution < 1.29 is 24.2 Å². The van der Waals surface area contributed by atoms with Crippen LogP contribution in [0.15, 0.2) is 29.6 Å². The fourth-order valence-corrected chi connectivity index (χ4v) is 4.14. The van der Waals surface area contributed by atoms with Gasteiger partial charge in [0.1, 0.15) is 0 Å². The molecular formula is C20H22O5. The van der Waals surface area contributed by atoms with Crippen LogP contribution in [0.5, 0.6) is 11.5 Å². The van der Waals surface area contributed by atoms with Crippen LogP contribution in [0.4, 0.5) is 0 Å². The third kappa shape index (κ3) is 2.01. The van der Waals surface area contributed by atoms with E-state index < -0.39 is 10.8 Å². The second kappa shape index (κ2) is 5.22. The Morgan fingerprint density at radius 2 is 1.72 bits per heavy atom. The van der Waals surface area contributed by atoms with Crippen LogP contribution in [0.1, 0.15) is 42.3 Å². The van der Waals surface area contributed by atoms with Gasteiger partial charge in [-0.25, -0.2) is 0 Å². The van der Waals surface area contributed by atoms with Crippen LogP contribution in [0.3, 0.4) is 0 Å². The first-order chi connectivity index (χ1) is 11.6. The number of allylic oxidation sites excluding steroid dienone is 4. The zero-order chi connectivity index (χ0) is 18.7. The minimum Gasteiger partial charge on any atom is -0.504 e. The van der Waals surface area contributed by atoms with Crippen molar-refractivity contribution in [1.29, 1.82) is 0 Å². The van der Waals surface area contributed by atoms with Gasteiger partial charge >= 0.3 is 0 Å². The number of ketones is 2. The third-order valence-electron chi connectivity index (χ3n) is 5.38. The van der Waals surface area contributed by atoms with Gasteiger partial charge in [0.05, 0.1) is 19.6 Å². The lowest BCUT2D eigenvalue weighted by molar-refractivity contribution is -0.121. The summed E-state index contributed by atoms with van der Waals surface area (Å²) < 4.78 is 10.9. The zero-order valence-corrected chi connectivity index (χ0v) is 15.3. The molecule has 0 heterocycles. The molecule has 0 unspecified atom stereocenters. The molecule has 2 aliphatic carbocycles. The first-order valence-electron chi connectivity index (χ1n) is 8.09. The summed E-state index contributed by atoms with van der Waals surface area (Å²) in [5.41, 5.74) is 0.410. The normalized spacial score (nSPS) is 24.1. The monoisotopic (exact) mass is 342 g/mol. The second-order valence-electron chi connectivity index (χ2n) is 7.26. The van der Waals surface area contributed by atoms with Crippen molar-refractivity contribution in [3.63, 3.8) is 0 Å². The molecule has 3 rings (SSSR count). The molecule has 1 aromatic carbocycles. The Bertz CT molecular complexity index is 873. The Labute approximate surface area is 146 Å². The van der Waals surface area contributed by atoms with Crippen molar-refractivity contribution in [1.82, 2.24) is 0 Å². The fourth-order valence-electron chi connectivity index (χ4n) is 4.14. The number of hydrogen-bond donors (Lipinski definition) is 1. The van der Waals surface area contributed by atoms with Crippen LogP contribution in [-0.4, -0.2) is 30.9 Å². The Morgan fingerprint density at radius 3 is 2.28 bits per heavy atom. The van der Waals surface area contributed by atoms with E-state index in [-0.39, 0.29) is 28.8 Å². The number of fused-ring (bicyclic) bond motifs is 3. The summed E-state index contributed by atoms with van der Waals surface area (Å²) in [4.78, 5) is 25.6. The molecule has 2 aliphatic rings. The van der Waals surface area contributed by atoms with Crippen molar-refractivity contribution in [3.8, 4) is 11.5 Å². The molecule has 0 radical (unpaired) electrons. The topological polar surface area (TPSA) is 72.8 Å². The molecule has 0 saturated carbocycles. The van der Waals surface area contributed by atoms with Crippen LogP contribution < -0.4 is 4.74 Å². The van der Waals surface area contributed by atoms with Crippen LogP contribution in [0, 0.1) is 12.3 Å². The molecule has 0 aliphatic heterocycles. The van der Waals surface area contributed by atoms with Gasteiger partial charge in [-0.3, -0.25) is 9.59 Å². The molecular weight excluding hydrogens is 320 g/mol. The quantitative estimate of drug-likeness (QED) is 0.893. The Morgan fingerprint density at radius 1 is 1.08 bits per heavy atom. The highest BCUT2D eigenvalue weighted by Gasteiger charge is 2.53. The van der Waals surface area contributed by atoms with Crippen LogP contribution in [0.25, 0.3) is 0 Å². The average molecular weight is 342 g/mol. The molecule has 1 N–H and O–H groups in total. The predicted molar refractivity (Wildman–Crippen MR) is 93.0 cm³/mol. The summed E-state index contributed by atoms with van der Waals surface area (Å²) in [6, 6.07) is 1.65. The number of benzene rings is 1. The molecule has 0 aromatic heterocycles. The molecule has 0 saturated heterocycles. The maximum absolute atomic E-state index is 13.1. The van der Waals surface area contributed by atoms with Crippen molar-refractivity contribution in [3.05, 3.63) is 46.2 Å². The first-order valence-corrected chi connectivity index (χ1v) is 8.09. The number of Topliss-reactive ketones (excluding diaryl/α,β-unsaturated/α-hetero) is 1. The van der Waals surface area contributed by atoms with Gasteiger partial charge in [0, 0.05) is 22.1 Å². The number of carbonyl (C=O) groups excluding carboxylic acids is 2. The minimum atomic E-state index is -0.909. The Kier molecular flexibility index (Phi) is 3.60. The molecule has 1 aromatic rings. The molecule has 0 spiro atoms. The molecule has 1 atom stereocenters. The molecule has 0 amide bonds. The molecule has 5 nitrogen and oxygen atoms in total. The number of phenolic OH excluding ortho intramolecular Hbond substituents is 1. The summed E-state index contributed by atoms with van der Waals surface area (Å²) in [5, 5.41) is 10.5. The van der Waals surface area contributed by atoms with E-state index in [1.165, 1.54) is 20.3 Å². The number of carbonyl (C=O) groups is 2. The highest BCUT2D eigenvalue weighted by Crippen LogP contribution is 2.56. The van der Waals surface area contributed by atoms with E-state index >= 15 is 0 Å². The lowest BCUT2D eigenvalue weighted by Crippen LogP contribution is -2.45. The summed E-state index contributed by atoms with van der Waals surface area (Å²) in [5.74, 6) is 0.0420. The maximum Gasteiger partial charge on any atom is 0.228 e. The van der Waals surface area contributed by atoms with Crippen LogP contribution >= 0.6 is 0 Å². The maximum atomic E-state index is 13.1. The smallest absolute Gasteiger partial charge is 0.228 e. The van der Waals surface area contributed by atoms with E-state index in [9.17, 15) is 14.7 Å². The van der Waals surface area contributed by atoms with Crippen molar-refractivity contribution >= 4 is 11.6 Å². The van der Waals surface area contributed by atoms with Crippen molar-refractivity contribution in [2.24, 2.45) is 5.41 Å². The first kappa shape index (κ1) is 17.3. The molecule has 25 heavy (non-hydrogen) atoms. The van der Waals surface area contributed by atoms with E-state index in [0.29, 0.717) is 22.3 Å². The number of rotatable bonds is 2. The summed E-state index contributed by atoms with van der Waals surface area (Å²) in [6.07, 6.45) is 3.30. The SMILES string of the molecule is COC1=C2C(C)(C)C(=O)C=C[C@@]2(C)c2c(cc(C)c(O)c2OC)C1=O. The number of hydrogen-bond acceptors (Lipinski definition) is 5. The van der Waals surface area contributed by atoms with Crippen LogP contribution in [-0.2, 0) is 14.9 Å². The predicted octanol–water partition coefficient (Wildman–Crippen LogP) is 3.23. The van der Waals surface area contributed by atoms with E-state index in [2.05, 4.69) is 0 Å². The third-order valence-corrected chi connectivity index (χ3v) is 5.38. The fraction of sp³-hybridized carbons (Fsp3) is 0.400. The van der Waals surface area contributed by atoms with Crippen molar-refractivity contribution in [2.75, 3.05) is 14.2 Å². The van der Waals surface area contributed by atoms with Crippen molar-refractivity contribution in [2.45, 2.75) is 33.1 Å². The summed E-state index contributed by atoms with van der Waals surface area (Å²) in [7, 11) is 2.90.